The van der Waals surface area contributed by atoms with Gasteiger partial charge in [0.15, 0.2) is 0 Å². The van der Waals surface area contributed by atoms with E-state index in [2.05, 4.69) is 5.32 Å². The third-order valence-corrected chi connectivity index (χ3v) is 2.07. The summed E-state index contributed by atoms with van der Waals surface area (Å²) in [6.07, 6.45) is 0.237. The smallest absolute Gasteiger partial charge is 0.248 e. The molecule has 1 rings (SSSR count). The molecule has 5 N–H and O–H groups in total. The summed E-state index contributed by atoms with van der Waals surface area (Å²) in [5.41, 5.74) is 11.4. The molecule has 2 amide bonds. The number of rotatable bonds is 5. The highest BCUT2D eigenvalue weighted by Gasteiger charge is 2.07. The molecule has 0 spiro atoms. The summed E-state index contributed by atoms with van der Waals surface area (Å²) in [7, 11) is 0. The molecular formula is C11H15N3O2. The van der Waals surface area contributed by atoms with Gasteiger partial charge in [-0.1, -0.05) is 6.07 Å². The zero-order valence-electron chi connectivity index (χ0n) is 9.07. The fraction of sp³-hybridized carbons (Fsp3) is 0.273. The molecule has 0 heterocycles. The van der Waals surface area contributed by atoms with Crippen molar-refractivity contribution in [3.63, 3.8) is 0 Å². The van der Waals surface area contributed by atoms with Crippen molar-refractivity contribution in [3.05, 3.63) is 29.8 Å². The normalized spacial score (nSPS) is 11.8. The van der Waals surface area contributed by atoms with Gasteiger partial charge in [0.1, 0.15) is 0 Å². The van der Waals surface area contributed by atoms with E-state index in [0.29, 0.717) is 5.56 Å². The lowest BCUT2D eigenvalue weighted by atomic mass is 10.1. The Labute approximate surface area is 93.8 Å². The van der Waals surface area contributed by atoms with E-state index in [1.807, 2.05) is 6.92 Å². The molecule has 0 aliphatic rings. The van der Waals surface area contributed by atoms with Crippen LogP contribution in [0.5, 0.6) is 0 Å². The van der Waals surface area contributed by atoms with E-state index >= 15 is 0 Å². The maximum Gasteiger partial charge on any atom is 0.248 e. The van der Waals surface area contributed by atoms with Crippen LogP contribution in [0.3, 0.4) is 0 Å². The van der Waals surface area contributed by atoms with Gasteiger partial charge in [0.2, 0.25) is 11.8 Å². The largest absolute Gasteiger partial charge is 0.382 e. The Morgan fingerprint density at radius 3 is 2.62 bits per heavy atom. The van der Waals surface area contributed by atoms with Crippen molar-refractivity contribution in [2.24, 2.45) is 11.5 Å². The van der Waals surface area contributed by atoms with Crippen molar-refractivity contribution in [3.8, 4) is 0 Å². The molecule has 1 aromatic rings. The van der Waals surface area contributed by atoms with E-state index in [1.54, 1.807) is 24.3 Å². The molecule has 5 nitrogen and oxygen atoms in total. The van der Waals surface area contributed by atoms with E-state index in [9.17, 15) is 9.59 Å². The second-order valence-electron chi connectivity index (χ2n) is 3.66. The fourth-order valence-electron chi connectivity index (χ4n) is 1.40. The van der Waals surface area contributed by atoms with Crippen LogP contribution in [0.25, 0.3) is 0 Å². The van der Waals surface area contributed by atoms with Crippen LogP contribution in [0.4, 0.5) is 5.69 Å². The van der Waals surface area contributed by atoms with Gasteiger partial charge in [-0.15, -0.1) is 0 Å². The third-order valence-electron chi connectivity index (χ3n) is 2.07. The molecule has 1 unspecified atom stereocenters. The van der Waals surface area contributed by atoms with E-state index in [1.165, 1.54) is 0 Å². The zero-order chi connectivity index (χ0) is 12.1. The second-order valence-corrected chi connectivity index (χ2v) is 3.66. The molecule has 0 radical (unpaired) electrons. The number of primary amides is 2. The number of carbonyl (C=O) groups excluding carboxylic acids is 2. The Morgan fingerprint density at radius 2 is 2.06 bits per heavy atom. The number of amides is 2. The van der Waals surface area contributed by atoms with Gasteiger partial charge < -0.3 is 16.8 Å². The van der Waals surface area contributed by atoms with Crippen LogP contribution < -0.4 is 16.8 Å². The molecule has 16 heavy (non-hydrogen) atoms. The van der Waals surface area contributed by atoms with Crippen molar-refractivity contribution in [2.75, 3.05) is 5.32 Å². The number of anilines is 1. The Morgan fingerprint density at radius 1 is 1.38 bits per heavy atom. The zero-order valence-corrected chi connectivity index (χ0v) is 9.07. The first-order chi connectivity index (χ1) is 7.49. The SMILES string of the molecule is CC(CC(N)=O)Nc1cccc(C(N)=O)c1. The van der Waals surface area contributed by atoms with Crippen LogP contribution in [-0.4, -0.2) is 17.9 Å². The summed E-state index contributed by atoms with van der Waals surface area (Å²) in [6.45, 7) is 1.84. The molecular weight excluding hydrogens is 206 g/mol. The van der Waals surface area contributed by atoms with Gasteiger partial charge in [0.05, 0.1) is 0 Å². The predicted molar refractivity (Wildman–Crippen MR) is 61.9 cm³/mol. The molecule has 0 aliphatic heterocycles. The van der Waals surface area contributed by atoms with Crippen LogP contribution in [0.1, 0.15) is 23.7 Å². The van der Waals surface area contributed by atoms with Crippen LogP contribution in [-0.2, 0) is 4.79 Å². The Hall–Kier alpha value is -2.04. The lowest BCUT2D eigenvalue weighted by Gasteiger charge is -2.13. The highest BCUT2D eigenvalue weighted by atomic mass is 16.1. The van der Waals surface area contributed by atoms with Gasteiger partial charge in [0, 0.05) is 23.7 Å². The number of nitrogens with one attached hydrogen (secondary N) is 1. The van der Waals surface area contributed by atoms with Gasteiger partial charge in [-0.25, -0.2) is 0 Å². The van der Waals surface area contributed by atoms with Crippen molar-refractivity contribution in [2.45, 2.75) is 19.4 Å². The number of nitrogens with two attached hydrogens (primary N) is 2. The molecule has 0 saturated heterocycles. The number of hydrogen-bond acceptors (Lipinski definition) is 3. The second kappa shape index (κ2) is 5.16. The molecule has 0 fully saturated rings. The minimum atomic E-state index is -0.480. The van der Waals surface area contributed by atoms with Crippen molar-refractivity contribution in [1.29, 1.82) is 0 Å². The summed E-state index contributed by atoms with van der Waals surface area (Å²) >= 11 is 0. The molecule has 0 bridgehead atoms. The molecule has 86 valence electrons. The molecule has 0 aliphatic carbocycles. The van der Waals surface area contributed by atoms with Crippen LogP contribution in [0.15, 0.2) is 24.3 Å². The van der Waals surface area contributed by atoms with Gasteiger partial charge in [-0.05, 0) is 25.1 Å². The minimum Gasteiger partial charge on any atom is -0.382 e. The Kier molecular flexibility index (Phi) is 3.88. The Bertz CT molecular complexity index is 404. The minimum absolute atomic E-state index is 0.0828. The lowest BCUT2D eigenvalue weighted by Crippen LogP contribution is -2.24. The quantitative estimate of drug-likeness (QED) is 0.673. The summed E-state index contributed by atoms with van der Waals surface area (Å²) in [5, 5.41) is 3.06. The molecule has 0 aromatic heterocycles. The van der Waals surface area contributed by atoms with Crippen LogP contribution in [0, 0.1) is 0 Å². The number of hydrogen-bond donors (Lipinski definition) is 3. The van der Waals surface area contributed by atoms with Crippen molar-refractivity contribution >= 4 is 17.5 Å². The summed E-state index contributed by atoms with van der Waals surface area (Å²) < 4.78 is 0. The van der Waals surface area contributed by atoms with E-state index in [-0.39, 0.29) is 18.4 Å². The molecule has 1 aromatic carbocycles. The monoisotopic (exact) mass is 221 g/mol. The first-order valence-electron chi connectivity index (χ1n) is 4.93. The topological polar surface area (TPSA) is 98.2 Å². The molecule has 1 atom stereocenters. The maximum atomic E-state index is 10.9. The number of carbonyl (C=O) groups is 2. The third kappa shape index (κ3) is 3.61. The first-order valence-corrected chi connectivity index (χ1v) is 4.93. The average molecular weight is 221 g/mol. The van der Waals surface area contributed by atoms with Gasteiger partial charge >= 0.3 is 0 Å². The summed E-state index contributed by atoms with van der Waals surface area (Å²) in [6, 6.07) is 6.70. The van der Waals surface area contributed by atoms with E-state index < -0.39 is 5.91 Å². The van der Waals surface area contributed by atoms with Crippen LogP contribution >= 0.6 is 0 Å². The highest BCUT2D eigenvalue weighted by molar-refractivity contribution is 5.93. The average Bonchev–Trinajstić information content (AvgIpc) is 2.16. The standard InChI is InChI=1S/C11H15N3O2/c1-7(5-10(12)15)14-9-4-2-3-8(6-9)11(13)16/h2-4,6-7,14H,5H2,1H3,(H2,12,15)(H2,13,16). The fourth-order valence-corrected chi connectivity index (χ4v) is 1.40. The van der Waals surface area contributed by atoms with Gasteiger partial charge in [0.25, 0.3) is 0 Å². The Balaban J connectivity index is 2.70. The van der Waals surface area contributed by atoms with E-state index in [0.717, 1.165) is 5.69 Å². The van der Waals surface area contributed by atoms with Crippen LogP contribution in [0.2, 0.25) is 0 Å². The summed E-state index contributed by atoms with van der Waals surface area (Å²) in [4.78, 5) is 21.6. The highest BCUT2D eigenvalue weighted by Crippen LogP contribution is 2.12. The van der Waals surface area contributed by atoms with Crippen molar-refractivity contribution < 1.29 is 9.59 Å². The molecule has 0 saturated carbocycles. The van der Waals surface area contributed by atoms with Crippen molar-refractivity contribution in [1.82, 2.24) is 0 Å². The number of benzene rings is 1. The lowest BCUT2D eigenvalue weighted by molar-refractivity contribution is -0.118. The maximum absolute atomic E-state index is 10.9. The first kappa shape index (κ1) is 12.0. The summed E-state index contributed by atoms with van der Waals surface area (Å²) in [5.74, 6) is -0.850. The van der Waals surface area contributed by atoms with Gasteiger partial charge in [-0.2, -0.15) is 0 Å². The van der Waals surface area contributed by atoms with E-state index in [4.69, 9.17) is 11.5 Å². The molecule has 5 heteroatoms. The predicted octanol–water partition coefficient (Wildman–Crippen LogP) is 0.461. The van der Waals surface area contributed by atoms with Gasteiger partial charge in [-0.3, -0.25) is 9.59 Å².